The van der Waals surface area contributed by atoms with E-state index in [-0.39, 0.29) is 0 Å². The van der Waals surface area contributed by atoms with Crippen LogP contribution in [0.2, 0.25) is 0 Å². The molecule has 3 amide bonds. The van der Waals surface area contributed by atoms with Crippen LogP contribution in [0.15, 0.2) is 18.7 Å². The van der Waals surface area contributed by atoms with Gasteiger partial charge in [-0.2, -0.15) is 0 Å². The second-order valence-electron chi connectivity index (χ2n) is 2.54. The number of carbonyl (C=O) groups is 2. The number of imidazole rings is 1. The number of carbonyl (C=O) groups excluding carboxylic acids is 2. The predicted octanol–water partition coefficient (Wildman–Crippen LogP) is -0.361. The smallest absolute Gasteiger partial charge is 0.318 e. The molecule has 0 aliphatic rings. The van der Waals surface area contributed by atoms with Crippen LogP contribution in [0, 0.1) is 0 Å². The van der Waals surface area contributed by atoms with Gasteiger partial charge in [0.2, 0.25) is 0 Å². The summed E-state index contributed by atoms with van der Waals surface area (Å²) >= 11 is 0. The SMILES string of the molecule is CC(C(=O)NC(N)=O)n1ccnc1. The maximum atomic E-state index is 11.2. The van der Waals surface area contributed by atoms with Crippen molar-refractivity contribution in [3.8, 4) is 0 Å². The molecule has 3 N–H and O–H groups in total. The summed E-state index contributed by atoms with van der Waals surface area (Å²) in [6.07, 6.45) is 4.67. The first-order valence-corrected chi connectivity index (χ1v) is 3.69. The first-order valence-electron chi connectivity index (χ1n) is 3.69. The van der Waals surface area contributed by atoms with Crippen LogP contribution in [0.25, 0.3) is 0 Å². The fourth-order valence-electron chi connectivity index (χ4n) is 0.860. The number of nitrogens with one attached hydrogen (secondary N) is 1. The highest BCUT2D eigenvalue weighted by atomic mass is 16.2. The van der Waals surface area contributed by atoms with Crippen molar-refractivity contribution in [2.24, 2.45) is 5.73 Å². The molecule has 1 aromatic rings. The van der Waals surface area contributed by atoms with Gasteiger partial charge in [0, 0.05) is 12.4 Å². The van der Waals surface area contributed by atoms with Crippen molar-refractivity contribution in [1.29, 1.82) is 0 Å². The minimum absolute atomic E-state index is 0.453. The molecule has 0 radical (unpaired) electrons. The molecule has 1 atom stereocenters. The van der Waals surface area contributed by atoms with Gasteiger partial charge in [0.05, 0.1) is 6.33 Å². The van der Waals surface area contributed by atoms with E-state index in [2.05, 4.69) is 4.98 Å². The summed E-state index contributed by atoms with van der Waals surface area (Å²) < 4.78 is 1.57. The molecule has 13 heavy (non-hydrogen) atoms. The van der Waals surface area contributed by atoms with E-state index in [0.717, 1.165) is 0 Å². The number of hydrogen-bond acceptors (Lipinski definition) is 3. The van der Waals surface area contributed by atoms with Gasteiger partial charge in [-0.3, -0.25) is 10.1 Å². The van der Waals surface area contributed by atoms with Gasteiger partial charge in [-0.05, 0) is 6.92 Å². The summed E-state index contributed by atoms with van der Waals surface area (Å²) in [4.78, 5) is 25.3. The van der Waals surface area contributed by atoms with Gasteiger partial charge >= 0.3 is 6.03 Å². The van der Waals surface area contributed by atoms with E-state index in [1.807, 2.05) is 5.32 Å². The van der Waals surface area contributed by atoms with E-state index in [4.69, 9.17) is 5.73 Å². The molecule has 1 heterocycles. The van der Waals surface area contributed by atoms with Crippen LogP contribution in [-0.2, 0) is 4.79 Å². The topological polar surface area (TPSA) is 90.0 Å². The van der Waals surface area contributed by atoms with Gasteiger partial charge < -0.3 is 10.3 Å². The van der Waals surface area contributed by atoms with Crippen molar-refractivity contribution in [3.05, 3.63) is 18.7 Å². The molecule has 1 unspecified atom stereocenters. The van der Waals surface area contributed by atoms with Crippen molar-refractivity contribution in [3.63, 3.8) is 0 Å². The van der Waals surface area contributed by atoms with Gasteiger partial charge in [0.15, 0.2) is 0 Å². The van der Waals surface area contributed by atoms with E-state index in [9.17, 15) is 9.59 Å². The molecule has 1 rings (SSSR count). The Morgan fingerprint density at radius 2 is 2.31 bits per heavy atom. The summed E-state index contributed by atoms with van der Waals surface area (Å²) in [6.45, 7) is 1.64. The first kappa shape index (κ1) is 9.24. The second-order valence-corrected chi connectivity index (χ2v) is 2.54. The predicted molar refractivity (Wildman–Crippen MR) is 44.7 cm³/mol. The molecule has 6 nitrogen and oxygen atoms in total. The maximum absolute atomic E-state index is 11.2. The molecular weight excluding hydrogens is 172 g/mol. The summed E-state index contributed by atoms with van der Waals surface area (Å²) in [6, 6.07) is -1.34. The Kier molecular flexibility index (Phi) is 2.63. The number of amides is 3. The summed E-state index contributed by atoms with van der Waals surface area (Å²) in [5.41, 5.74) is 4.79. The number of primary amides is 1. The van der Waals surface area contributed by atoms with Crippen molar-refractivity contribution in [2.75, 3.05) is 0 Å². The molecule has 0 saturated heterocycles. The minimum atomic E-state index is -0.850. The normalized spacial score (nSPS) is 12.1. The summed E-state index contributed by atoms with van der Waals surface area (Å²) in [5.74, 6) is -0.453. The molecule has 0 aromatic carbocycles. The van der Waals surface area contributed by atoms with E-state index in [1.54, 1.807) is 23.9 Å². The van der Waals surface area contributed by atoms with Crippen molar-refractivity contribution in [2.45, 2.75) is 13.0 Å². The Labute approximate surface area is 74.7 Å². The monoisotopic (exact) mass is 182 g/mol. The van der Waals surface area contributed by atoms with E-state index < -0.39 is 18.0 Å². The summed E-state index contributed by atoms with van der Waals surface area (Å²) in [5, 5.41) is 1.98. The van der Waals surface area contributed by atoms with E-state index >= 15 is 0 Å². The lowest BCUT2D eigenvalue weighted by atomic mass is 10.3. The lowest BCUT2D eigenvalue weighted by molar-refractivity contribution is -0.122. The van der Waals surface area contributed by atoms with Gasteiger partial charge in [-0.1, -0.05) is 0 Å². The van der Waals surface area contributed by atoms with Crippen LogP contribution < -0.4 is 11.1 Å². The minimum Gasteiger partial charge on any atom is -0.351 e. The Morgan fingerprint density at radius 1 is 1.62 bits per heavy atom. The van der Waals surface area contributed by atoms with Crippen molar-refractivity contribution < 1.29 is 9.59 Å². The number of aromatic nitrogens is 2. The fourth-order valence-corrected chi connectivity index (χ4v) is 0.860. The van der Waals surface area contributed by atoms with Gasteiger partial charge in [0.25, 0.3) is 5.91 Å². The van der Waals surface area contributed by atoms with Gasteiger partial charge in [-0.15, -0.1) is 0 Å². The number of nitrogens with two attached hydrogens (primary N) is 1. The average Bonchev–Trinajstić information content (AvgIpc) is 2.53. The average molecular weight is 182 g/mol. The standard InChI is InChI=1S/C7H10N4O2/c1-5(6(12)10-7(8)13)11-3-2-9-4-11/h2-5H,1H3,(H3,8,10,12,13). The summed E-state index contributed by atoms with van der Waals surface area (Å²) in [7, 11) is 0. The maximum Gasteiger partial charge on any atom is 0.318 e. The Morgan fingerprint density at radius 3 is 2.77 bits per heavy atom. The number of hydrogen-bond donors (Lipinski definition) is 2. The third-order valence-electron chi connectivity index (χ3n) is 1.60. The molecular formula is C7H10N4O2. The number of nitrogens with zero attached hydrogens (tertiary/aromatic N) is 2. The highest BCUT2D eigenvalue weighted by Gasteiger charge is 2.14. The fraction of sp³-hybridized carbons (Fsp3) is 0.286. The first-order chi connectivity index (χ1) is 6.11. The third-order valence-corrected chi connectivity index (χ3v) is 1.60. The Balaban J connectivity index is 2.63. The Hall–Kier alpha value is -1.85. The van der Waals surface area contributed by atoms with Crippen molar-refractivity contribution >= 4 is 11.9 Å². The highest BCUT2D eigenvalue weighted by molar-refractivity contribution is 5.95. The van der Waals surface area contributed by atoms with Crippen LogP contribution >= 0.6 is 0 Å². The number of rotatable bonds is 2. The molecule has 0 bridgehead atoms. The molecule has 0 saturated carbocycles. The zero-order valence-corrected chi connectivity index (χ0v) is 7.10. The lowest BCUT2D eigenvalue weighted by Crippen LogP contribution is -2.38. The highest BCUT2D eigenvalue weighted by Crippen LogP contribution is 2.03. The molecule has 0 fully saturated rings. The van der Waals surface area contributed by atoms with Crippen LogP contribution in [0.1, 0.15) is 13.0 Å². The van der Waals surface area contributed by atoms with Crippen LogP contribution in [0.4, 0.5) is 4.79 Å². The second kappa shape index (κ2) is 3.70. The molecule has 0 aliphatic carbocycles. The van der Waals surface area contributed by atoms with Gasteiger partial charge in [-0.25, -0.2) is 9.78 Å². The zero-order valence-electron chi connectivity index (χ0n) is 7.10. The molecule has 0 spiro atoms. The number of urea groups is 1. The van der Waals surface area contributed by atoms with Crippen LogP contribution in [0.3, 0.4) is 0 Å². The van der Waals surface area contributed by atoms with Crippen LogP contribution in [-0.4, -0.2) is 21.5 Å². The van der Waals surface area contributed by atoms with Gasteiger partial charge in [0.1, 0.15) is 6.04 Å². The molecule has 0 aliphatic heterocycles. The van der Waals surface area contributed by atoms with Crippen molar-refractivity contribution in [1.82, 2.24) is 14.9 Å². The number of imide groups is 1. The van der Waals surface area contributed by atoms with Crippen LogP contribution in [0.5, 0.6) is 0 Å². The molecule has 1 aromatic heterocycles. The molecule has 70 valence electrons. The largest absolute Gasteiger partial charge is 0.351 e. The van der Waals surface area contributed by atoms with E-state index in [0.29, 0.717) is 0 Å². The Bertz CT molecular complexity index is 306. The third kappa shape index (κ3) is 2.29. The molecule has 6 heteroatoms. The van der Waals surface area contributed by atoms with E-state index in [1.165, 1.54) is 6.33 Å². The zero-order chi connectivity index (χ0) is 9.84. The quantitative estimate of drug-likeness (QED) is 0.654. The lowest BCUT2D eigenvalue weighted by Gasteiger charge is -2.10.